The van der Waals surface area contributed by atoms with E-state index in [0.29, 0.717) is 6.04 Å². The lowest BCUT2D eigenvalue weighted by Gasteiger charge is -2.42. The monoisotopic (exact) mass is 256 g/mol. The van der Waals surface area contributed by atoms with E-state index in [0.717, 1.165) is 6.54 Å². The summed E-state index contributed by atoms with van der Waals surface area (Å²) in [4.78, 5) is 6.18. The summed E-state index contributed by atoms with van der Waals surface area (Å²) in [5.74, 6) is 0.264. The Morgan fingerprint density at radius 1 is 1.26 bits per heavy atom. The Labute approximate surface area is 113 Å². The summed E-state index contributed by atoms with van der Waals surface area (Å²) in [5.41, 5.74) is 3.96. The Balaban J connectivity index is 1.92. The molecule has 0 radical (unpaired) electrons. The fraction of sp³-hybridized carbons (Fsp3) is 0.500. The molecular formula is C16H20N2O. The average molecular weight is 256 g/mol. The van der Waals surface area contributed by atoms with Crippen molar-refractivity contribution in [1.29, 1.82) is 0 Å². The number of nitrogens with zero attached hydrogens (tertiary/aromatic N) is 1. The standard InChI is InChI=1S/C16H20N2O/c19-10-11-9-18-8-4-3-7-14(18)16-15(11)12-5-1-2-6-13(12)17-16/h1-2,5-6,11,14,17,19H,3-4,7-10H2. The van der Waals surface area contributed by atoms with E-state index in [1.54, 1.807) is 0 Å². The summed E-state index contributed by atoms with van der Waals surface area (Å²) in [6, 6.07) is 9.05. The van der Waals surface area contributed by atoms with Gasteiger partial charge in [-0.2, -0.15) is 0 Å². The van der Waals surface area contributed by atoms with Crippen LogP contribution >= 0.6 is 0 Å². The Morgan fingerprint density at radius 2 is 2.16 bits per heavy atom. The van der Waals surface area contributed by atoms with Crippen LogP contribution in [0.5, 0.6) is 0 Å². The van der Waals surface area contributed by atoms with Crippen LogP contribution in [0, 0.1) is 0 Å². The van der Waals surface area contributed by atoms with Crippen LogP contribution in [0.1, 0.15) is 42.5 Å². The molecule has 2 aromatic rings. The predicted octanol–water partition coefficient (Wildman–Crippen LogP) is 2.78. The molecule has 2 aliphatic rings. The second-order valence-corrected chi connectivity index (χ2v) is 5.88. The number of nitrogens with one attached hydrogen (secondary N) is 1. The van der Waals surface area contributed by atoms with Crippen molar-refractivity contribution in [1.82, 2.24) is 9.88 Å². The average Bonchev–Trinajstić information content (AvgIpc) is 2.86. The SMILES string of the molecule is OCC1CN2CCCCC2c2[nH]c3ccccc3c21. The van der Waals surface area contributed by atoms with Crippen LogP contribution in [0.25, 0.3) is 10.9 Å². The number of H-pyrrole nitrogens is 1. The molecule has 3 nitrogen and oxygen atoms in total. The first-order valence-corrected chi connectivity index (χ1v) is 7.34. The van der Waals surface area contributed by atoms with Gasteiger partial charge in [0.15, 0.2) is 0 Å². The third-order valence-corrected chi connectivity index (χ3v) is 4.81. The smallest absolute Gasteiger partial charge is 0.0512 e. The number of fused-ring (bicyclic) bond motifs is 5. The van der Waals surface area contributed by atoms with E-state index < -0.39 is 0 Å². The molecule has 1 aromatic heterocycles. The first-order chi connectivity index (χ1) is 9.38. The minimum absolute atomic E-state index is 0.248. The highest BCUT2D eigenvalue weighted by molar-refractivity contribution is 5.85. The maximum absolute atomic E-state index is 9.77. The largest absolute Gasteiger partial charge is 0.396 e. The molecule has 2 atom stereocenters. The zero-order valence-corrected chi connectivity index (χ0v) is 11.1. The summed E-state index contributed by atoms with van der Waals surface area (Å²) >= 11 is 0. The first kappa shape index (κ1) is 11.5. The van der Waals surface area contributed by atoms with Crippen LogP contribution in [0.3, 0.4) is 0 Å². The summed E-state index contributed by atoms with van der Waals surface area (Å²) in [5, 5.41) is 11.1. The van der Waals surface area contributed by atoms with E-state index in [-0.39, 0.29) is 12.5 Å². The lowest BCUT2D eigenvalue weighted by Crippen LogP contribution is -2.41. The van der Waals surface area contributed by atoms with Crippen LogP contribution in [-0.2, 0) is 0 Å². The van der Waals surface area contributed by atoms with Crippen LogP contribution in [0.2, 0.25) is 0 Å². The van der Waals surface area contributed by atoms with Gasteiger partial charge in [-0.3, -0.25) is 4.90 Å². The summed E-state index contributed by atoms with van der Waals surface area (Å²) in [6.07, 6.45) is 3.86. The van der Waals surface area contributed by atoms with Crippen molar-refractivity contribution in [2.24, 2.45) is 0 Å². The number of rotatable bonds is 1. The molecule has 2 aliphatic heterocycles. The normalized spacial score (nSPS) is 27.2. The van der Waals surface area contributed by atoms with Crippen molar-refractivity contribution < 1.29 is 5.11 Å². The fourth-order valence-electron chi connectivity index (χ4n) is 3.95. The molecule has 19 heavy (non-hydrogen) atoms. The summed E-state index contributed by atoms with van der Waals surface area (Å²) < 4.78 is 0. The maximum atomic E-state index is 9.77. The Morgan fingerprint density at radius 3 is 3.05 bits per heavy atom. The molecule has 0 bridgehead atoms. The molecule has 0 aliphatic carbocycles. The van der Waals surface area contributed by atoms with E-state index >= 15 is 0 Å². The van der Waals surface area contributed by atoms with E-state index in [1.807, 2.05) is 0 Å². The van der Waals surface area contributed by atoms with E-state index in [1.165, 1.54) is 48.0 Å². The molecule has 1 aromatic carbocycles. The zero-order chi connectivity index (χ0) is 12.8. The molecule has 3 heterocycles. The van der Waals surface area contributed by atoms with Crippen molar-refractivity contribution in [3.63, 3.8) is 0 Å². The lowest BCUT2D eigenvalue weighted by molar-refractivity contribution is 0.104. The highest BCUT2D eigenvalue weighted by Crippen LogP contribution is 2.43. The van der Waals surface area contributed by atoms with Gasteiger partial charge < -0.3 is 10.1 Å². The number of para-hydroxylation sites is 1. The second-order valence-electron chi connectivity index (χ2n) is 5.88. The van der Waals surface area contributed by atoms with Gasteiger partial charge in [-0.25, -0.2) is 0 Å². The number of aromatic amines is 1. The molecule has 0 saturated carbocycles. The Kier molecular flexibility index (Phi) is 2.64. The number of piperidine rings is 1. The molecule has 2 N–H and O–H groups in total. The van der Waals surface area contributed by atoms with Crippen molar-refractivity contribution >= 4 is 10.9 Å². The number of hydrogen-bond donors (Lipinski definition) is 2. The van der Waals surface area contributed by atoms with Crippen molar-refractivity contribution in [2.45, 2.75) is 31.2 Å². The van der Waals surface area contributed by atoms with Crippen LogP contribution in [-0.4, -0.2) is 34.7 Å². The first-order valence-electron chi connectivity index (χ1n) is 7.34. The number of aliphatic hydroxyl groups is 1. The van der Waals surface area contributed by atoms with Gasteiger partial charge in [0, 0.05) is 29.1 Å². The van der Waals surface area contributed by atoms with Crippen LogP contribution in [0.4, 0.5) is 0 Å². The van der Waals surface area contributed by atoms with Crippen LogP contribution in [0.15, 0.2) is 24.3 Å². The highest BCUT2D eigenvalue weighted by atomic mass is 16.3. The van der Waals surface area contributed by atoms with Gasteiger partial charge in [-0.15, -0.1) is 0 Å². The van der Waals surface area contributed by atoms with E-state index in [9.17, 15) is 5.11 Å². The topological polar surface area (TPSA) is 39.3 Å². The number of hydrogen-bond acceptors (Lipinski definition) is 2. The van der Waals surface area contributed by atoms with E-state index in [2.05, 4.69) is 34.1 Å². The third kappa shape index (κ3) is 1.65. The minimum Gasteiger partial charge on any atom is -0.396 e. The minimum atomic E-state index is 0.248. The Hall–Kier alpha value is -1.32. The summed E-state index contributed by atoms with van der Waals surface area (Å²) in [6.45, 7) is 2.43. The van der Waals surface area contributed by atoms with Gasteiger partial charge in [-0.1, -0.05) is 24.6 Å². The molecule has 1 fully saturated rings. The third-order valence-electron chi connectivity index (χ3n) is 4.81. The quantitative estimate of drug-likeness (QED) is 0.823. The van der Waals surface area contributed by atoms with Crippen molar-refractivity contribution in [3.05, 3.63) is 35.5 Å². The van der Waals surface area contributed by atoms with E-state index in [4.69, 9.17) is 0 Å². The van der Waals surface area contributed by atoms with Gasteiger partial charge in [0.25, 0.3) is 0 Å². The number of aliphatic hydroxyl groups excluding tert-OH is 1. The molecule has 2 unspecified atom stereocenters. The maximum Gasteiger partial charge on any atom is 0.0512 e. The number of aromatic nitrogens is 1. The lowest BCUT2D eigenvalue weighted by atomic mass is 9.85. The molecule has 1 saturated heterocycles. The molecule has 0 spiro atoms. The molecule has 3 heteroatoms. The van der Waals surface area contributed by atoms with Crippen LogP contribution < -0.4 is 0 Å². The second kappa shape index (κ2) is 4.36. The number of benzene rings is 1. The zero-order valence-electron chi connectivity index (χ0n) is 11.1. The summed E-state index contributed by atoms with van der Waals surface area (Å²) in [7, 11) is 0. The molecule has 100 valence electrons. The fourth-order valence-corrected chi connectivity index (χ4v) is 3.95. The van der Waals surface area contributed by atoms with Gasteiger partial charge in [-0.05, 0) is 31.0 Å². The Bertz CT molecular complexity index is 604. The van der Waals surface area contributed by atoms with Gasteiger partial charge >= 0.3 is 0 Å². The van der Waals surface area contributed by atoms with Crippen molar-refractivity contribution in [2.75, 3.05) is 19.7 Å². The highest BCUT2D eigenvalue weighted by Gasteiger charge is 2.36. The van der Waals surface area contributed by atoms with Crippen molar-refractivity contribution in [3.8, 4) is 0 Å². The predicted molar refractivity (Wildman–Crippen MR) is 76.3 cm³/mol. The van der Waals surface area contributed by atoms with Gasteiger partial charge in [0.05, 0.1) is 12.6 Å². The van der Waals surface area contributed by atoms with Gasteiger partial charge in [0.2, 0.25) is 0 Å². The molecule has 4 rings (SSSR count). The molecule has 0 amide bonds. The molecular weight excluding hydrogens is 236 g/mol. The van der Waals surface area contributed by atoms with Gasteiger partial charge in [0.1, 0.15) is 0 Å².